The number of nitrogens with zero attached hydrogens (tertiary/aromatic N) is 3. The largest absolute Gasteiger partial charge is 0.486 e. The zero-order valence-electron chi connectivity index (χ0n) is 14.4. The number of aromatic nitrogens is 3. The summed E-state index contributed by atoms with van der Waals surface area (Å²) in [5.74, 6) is 2.85. The van der Waals surface area contributed by atoms with Gasteiger partial charge in [-0.3, -0.25) is 4.98 Å². The van der Waals surface area contributed by atoms with Crippen molar-refractivity contribution in [1.29, 1.82) is 0 Å². The summed E-state index contributed by atoms with van der Waals surface area (Å²) in [4.78, 5) is 13.6. The summed E-state index contributed by atoms with van der Waals surface area (Å²) in [7, 11) is 0. The Bertz CT molecular complexity index is 1120. The minimum Gasteiger partial charge on any atom is -0.486 e. The maximum absolute atomic E-state index is 5.68. The second-order valence-electron chi connectivity index (χ2n) is 6.14. The highest BCUT2D eigenvalue weighted by atomic mass is 16.6. The number of rotatable bonds is 3. The van der Waals surface area contributed by atoms with Crippen LogP contribution in [0.1, 0.15) is 0 Å². The lowest BCUT2D eigenvalue weighted by Gasteiger charge is -2.19. The van der Waals surface area contributed by atoms with E-state index in [4.69, 9.17) is 14.5 Å². The van der Waals surface area contributed by atoms with Gasteiger partial charge >= 0.3 is 0 Å². The molecule has 0 amide bonds. The van der Waals surface area contributed by atoms with Gasteiger partial charge in [0.25, 0.3) is 0 Å². The average molecular weight is 356 g/mol. The van der Waals surface area contributed by atoms with Gasteiger partial charge in [0.05, 0.1) is 5.52 Å². The molecule has 5 rings (SSSR count). The molecular formula is C21H16N4O2. The van der Waals surface area contributed by atoms with E-state index in [9.17, 15) is 0 Å². The summed E-state index contributed by atoms with van der Waals surface area (Å²) in [5.41, 5.74) is 2.61. The van der Waals surface area contributed by atoms with Gasteiger partial charge in [-0.25, -0.2) is 9.97 Å². The number of hydrogen-bond donors (Lipinski definition) is 1. The van der Waals surface area contributed by atoms with Gasteiger partial charge in [0.2, 0.25) is 0 Å². The second kappa shape index (κ2) is 6.57. The van der Waals surface area contributed by atoms with Gasteiger partial charge in [0.1, 0.15) is 19.0 Å². The summed E-state index contributed by atoms with van der Waals surface area (Å²) in [5, 5.41) is 4.34. The molecule has 0 spiro atoms. The topological polar surface area (TPSA) is 69.2 Å². The fourth-order valence-electron chi connectivity index (χ4n) is 3.05. The fourth-order valence-corrected chi connectivity index (χ4v) is 3.05. The van der Waals surface area contributed by atoms with Crippen LogP contribution in [-0.4, -0.2) is 28.2 Å². The van der Waals surface area contributed by atoms with Crippen LogP contribution < -0.4 is 14.8 Å². The van der Waals surface area contributed by atoms with Crippen molar-refractivity contribution >= 4 is 22.4 Å². The van der Waals surface area contributed by atoms with Crippen molar-refractivity contribution in [2.24, 2.45) is 0 Å². The van der Waals surface area contributed by atoms with E-state index in [-0.39, 0.29) is 0 Å². The number of hydrogen-bond acceptors (Lipinski definition) is 6. The van der Waals surface area contributed by atoms with E-state index in [2.05, 4.69) is 15.3 Å². The molecule has 6 heteroatoms. The van der Waals surface area contributed by atoms with Crippen LogP contribution in [0.25, 0.3) is 22.3 Å². The molecule has 0 aliphatic carbocycles. The van der Waals surface area contributed by atoms with Crippen LogP contribution in [0, 0.1) is 0 Å². The van der Waals surface area contributed by atoms with Crippen LogP contribution in [0.2, 0.25) is 0 Å². The first-order valence-electron chi connectivity index (χ1n) is 8.71. The van der Waals surface area contributed by atoms with Crippen molar-refractivity contribution < 1.29 is 9.47 Å². The molecular weight excluding hydrogens is 340 g/mol. The quantitative estimate of drug-likeness (QED) is 0.593. The van der Waals surface area contributed by atoms with Crippen molar-refractivity contribution in [3.05, 3.63) is 67.0 Å². The zero-order chi connectivity index (χ0) is 18.1. The Morgan fingerprint density at radius 2 is 1.74 bits per heavy atom. The molecule has 0 unspecified atom stereocenters. The van der Waals surface area contributed by atoms with Crippen LogP contribution in [-0.2, 0) is 0 Å². The van der Waals surface area contributed by atoms with E-state index in [1.54, 1.807) is 12.4 Å². The first kappa shape index (κ1) is 15.6. The number of para-hydroxylation sites is 1. The molecule has 0 fully saturated rings. The van der Waals surface area contributed by atoms with Crippen LogP contribution in [0.15, 0.2) is 67.0 Å². The van der Waals surface area contributed by atoms with E-state index in [1.807, 2.05) is 54.6 Å². The van der Waals surface area contributed by atoms with Crippen LogP contribution in [0.3, 0.4) is 0 Å². The molecule has 0 saturated carbocycles. The molecule has 1 N–H and O–H groups in total. The van der Waals surface area contributed by atoms with Crippen LogP contribution in [0.4, 0.5) is 11.5 Å². The maximum atomic E-state index is 5.68. The molecule has 3 heterocycles. The smallest absolute Gasteiger partial charge is 0.163 e. The molecule has 0 saturated heterocycles. The van der Waals surface area contributed by atoms with Crippen molar-refractivity contribution in [3.8, 4) is 22.9 Å². The third-order valence-electron chi connectivity index (χ3n) is 4.33. The molecule has 27 heavy (non-hydrogen) atoms. The fraction of sp³-hybridized carbons (Fsp3) is 0.0952. The van der Waals surface area contributed by atoms with Crippen molar-refractivity contribution in [3.63, 3.8) is 0 Å². The average Bonchev–Trinajstić information content (AvgIpc) is 2.74. The Morgan fingerprint density at radius 3 is 2.63 bits per heavy atom. The summed E-state index contributed by atoms with van der Waals surface area (Å²) < 4.78 is 11.3. The molecule has 2 aromatic carbocycles. The molecule has 0 bridgehead atoms. The van der Waals surface area contributed by atoms with E-state index in [1.165, 1.54) is 0 Å². The molecule has 4 aromatic rings. The highest BCUT2D eigenvalue weighted by Crippen LogP contribution is 2.34. The molecule has 2 aromatic heterocycles. The lowest BCUT2D eigenvalue weighted by Crippen LogP contribution is -2.15. The first-order valence-corrected chi connectivity index (χ1v) is 8.71. The molecule has 1 aliphatic rings. The van der Waals surface area contributed by atoms with Crippen LogP contribution in [0.5, 0.6) is 11.5 Å². The summed E-state index contributed by atoms with van der Waals surface area (Å²) in [6, 6.07) is 17.5. The number of fused-ring (bicyclic) bond motifs is 2. The Balaban J connectivity index is 1.59. The number of pyridine rings is 1. The number of ether oxygens (including phenoxy) is 2. The number of anilines is 2. The second-order valence-corrected chi connectivity index (χ2v) is 6.14. The van der Waals surface area contributed by atoms with E-state index < -0.39 is 0 Å². The lowest BCUT2D eigenvalue weighted by molar-refractivity contribution is 0.171. The standard InChI is InChI=1S/C21H16N4O2/c1-2-6-17-16(5-1)21(25-20(24-17)14-4-3-9-22-13-14)23-15-7-8-18-19(12-15)27-11-10-26-18/h1-9,12-13H,10-11H2,(H,23,24,25). The van der Waals surface area contributed by atoms with Gasteiger partial charge in [-0.2, -0.15) is 0 Å². The summed E-state index contributed by atoms with van der Waals surface area (Å²) >= 11 is 0. The van der Waals surface area contributed by atoms with E-state index in [0.29, 0.717) is 19.0 Å². The Morgan fingerprint density at radius 1 is 0.852 bits per heavy atom. The summed E-state index contributed by atoms with van der Waals surface area (Å²) in [6.45, 7) is 1.13. The highest BCUT2D eigenvalue weighted by Gasteiger charge is 2.14. The molecule has 0 atom stereocenters. The van der Waals surface area contributed by atoms with Gasteiger partial charge in [-0.1, -0.05) is 12.1 Å². The molecule has 132 valence electrons. The third-order valence-corrected chi connectivity index (χ3v) is 4.33. The van der Waals surface area contributed by atoms with Gasteiger partial charge < -0.3 is 14.8 Å². The molecule has 0 radical (unpaired) electrons. The lowest BCUT2D eigenvalue weighted by atomic mass is 10.2. The minimum absolute atomic E-state index is 0.554. The Hall–Kier alpha value is -3.67. The monoisotopic (exact) mass is 356 g/mol. The molecule has 6 nitrogen and oxygen atoms in total. The molecule has 1 aliphatic heterocycles. The van der Waals surface area contributed by atoms with Gasteiger partial charge in [0, 0.05) is 35.1 Å². The number of benzene rings is 2. The Kier molecular flexibility index (Phi) is 3.79. The third kappa shape index (κ3) is 3.01. The van der Waals surface area contributed by atoms with Gasteiger partial charge in [0.15, 0.2) is 17.3 Å². The van der Waals surface area contributed by atoms with E-state index >= 15 is 0 Å². The van der Waals surface area contributed by atoms with Crippen molar-refractivity contribution in [1.82, 2.24) is 15.0 Å². The van der Waals surface area contributed by atoms with Crippen molar-refractivity contribution in [2.75, 3.05) is 18.5 Å². The zero-order valence-corrected chi connectivity index (χ0v) is 14.4. The first-order chi connectivity index (χ1) is 13.4. The predicted molar refractivity (Wildman–Crippen MR) is 103 cm³/mol. The minimum atomic E-state index is 0.554. The Labute approximate surface area is 155 Å². The van der Waals surface area contributed by atoms with E-state index in [0.717, 1.165) is 39.5 Å². The predicted octanol–water partition coefficient (Wildman–Crippen LogP) is 4.21. The van der Waals surface area contributed by atoms with Gasteiger partial charge in [-0.15, -0.1) is 0 Å². The maximum Gasteiger partial charge on any atom is 0.163 e. The summed E-state index contributed by atoms with van der Waals surface area (Å²) in [6.07, 6.45) is 3.50. The normalized spacial score (nSPS) is 12.7. The van der Waals surface area contributed by atoms with Gasteiger partial charge in [-0.05, 0) is 36.4 Å². The van der Waals surface area contributed by atoms with Crippen molar-refractivity contribution in [2.45, 2.75) is 0 Å². The highest BCUT2D eigenvalue weighted by molar-refractivity contribution is 5.92. The SMILES string of the molecule is c1cncc(-c2nc(Nc3ccc4c(c3)OCCO4)c3ccccc3n2)c1. The number of nitrogens with one attached hydrogen (secondary N) is 1. The van der Waals surface area contributed by atoms with Crippen LogP contribution >= 0.6 is 0 Å².